The highest BCUT2D eigenvalue weighted by atomic mass is 16.5. The number of carbonyl (C=O) groups is 1. The summed E-state index contributed by atoms with van der Waals surface area (Å²) < 4.78 is 0. The monoisotopic (exact) mass is 207 g/mol. The van der Waals surface area contributed by atoms with E-state index in [1.165, 1.54) is 0 Å². The molecule has 0 spiro atoms. The van der Waals surface area contributed by atoms with Crippen molar-refractivity contribution in [3.8, 4) is 0 Å². The molecule has 0 heterocycles. The van der Waals surface area contributed by atoms with Gasteiger partial charge in [0.15, 0.2) is 5.78 Å². The zero-order valence-corrected chi connectivity index (χ0v) is 9.34. The summed E-state index contributed by atoms with van der Waals surface area (Å²) in [4.78, 5) is 11.9. The zero-order chi connectivity index (χ0) is 11.4. The fourth-order valence-electron chi connectivity index (χ4n) is 1.41. The number of ketones is 1. The van der Waals surface area contributed by atoms with Gasteiger partial charge in [-0.15, -0.1) is 0 Å². The van der Waals surface area contributed by atoms with Gasteiger partial charge in [0.05, 0.1) is 6.04 Å². The van der Waals surface area contributed by atoms with Crippen LogP contribution >= 0.6 is 0 Å². The molecule has 1 aromatic rings. The number of rotatable bonds is 4. The average Bonchev–Trinajstić information content (AvgIpc) is 2.27. The van der Waals surface area contributed by atoms with Gasteiger partial charge in [-0.1, -0.05) is 30.3 Å². The molecule has 3 heteroatoms. The lowest BCUT2D eigenvalue weighted by Gasteiger charge is -2.24. The third kappa shape index (κ3) is 2.88. The second-order valence-corrected chi connectivity index (χ2v) is 3.88. The smallest absolute Gasteiger partial charge is 0.182 e. The van der Waals surface area contributed by atoms with Crippen molar-refractivity contribution in [3.63, 3.8) is 0 Å². The summed E-state index contributed by atoms with van der Waals surface area (Å²) in [6.07, 6.45) is 0. The Bertz CT molecular complexity index is 322. The van der Waals surface area contributed by atoms with Crippen LogP contribution in [0.3, 0.4) is 0 Å². The fourth-order valence-corrected chi connectivity index (χ4v) is 1.41. The quantitative estimate of drug-likeness (QED) is 0.608. The third-order valence-corrected chi connectivity index (χ3v) is 2.36. The molecule has 0 aromatic heterocycles. The third-order valence-electron chi connectivity index (χ3n) is 2.36. The summed E-state index contributed by atoms with van der Waals surface area (Å²) in [5, 5.41) is 10.7. The lowest BCUT2D eigenvalue weighted by molar-refractivity contribution is -0.134. The van der Waals surface area contributed by atoms with Crippen LogP contribution < -0.4 is 0 Å². The van der Waals surface area contributed by atoms with E-state index >= 15 is 0 Å². The Labute approximate surface area is 90.3 Å². The molecule has 1 unspecified atom stereocenters. The van der Waals surface area contributed by atoms with E-state index in [9.17, 15) is 10.0 Å². The topological polar surface area (TPSA) is 40.5 Å². The largest absolute Gasteiger partial charge is 0.313 e. The lowest BCUT2D eigenvalue weighted by Crippen LogP contribution is -2.40. The van der Waals surface area contributed by atoms with Gasteiger partial charge in [0.25, 0.3) is 0 Å². The summed E-state index contributed by atoms with van der Waals surface area (Å²) in [5.74, 6) is -0.0631. The lowest BCUT2D eigenvalue weighted by atomic mass is 10.0. The van der Waals surface area contributed by atoms with Gasteiger partial charge in [0, 0.05) is 11.6 Å². The van der Waals surface area contributed by atoms with Crippen molar-refractivity contribution in [2.45, 2.75) is 32.9 Å². The summed E-state index contributed by atoms with van der Waals surface area (Å²) in [6, 6.07) is 8.44. The first kappa shape index (κ1) is 11.9. The minimum Gasteiger partial charge on any atom is -0.313 e. The van der Waals surface area contributed by atoms with E-state index in [-0.39, 0.29) is 11.8 Å². The van der Waals surface area contributed by atoms with Gasteiger partial charge in [-0.3, -0.25) is 4.79 Å². The molecule has 0 fully saturated rings. The van der Waals surface area contributed by atoms with E-state index in [4.69, 9.17) is 0 Å². The number of hydrogen-bond acceptors (Lipinski definition) is 3. The van der Waals surface area contributed by atoms with Crippen molar-refractivity contribution in [3.05, 3.63) is 35.9 Å². The van der Waals surface area contributed by atoms with Crippen LogP contribution in [0.1, 0.15) is 31.1 Å². The number of hydrogen-bond donors (Lipinski definition) is 1. The first-order valence-corrected chi connectivity index (χ1v) is 5.10. The predicted octanol–water partition coefficient (Wildman–Crippen LogP) is 2.36. The average molecular weight is 207 g/mol. The van der Waals surface area contributed by atoms with Crippen molar-refractivity contribution in [1.82, 2.24) is 5.06 Å². The summed E-state index contributed by atoms with van der Waals surface area (Å²) in [7, 11) is 0. The van der Waals surface area contributed by atoms with Gasteiger partial charge in [-0.25, -0.2) is 0 Å². The van der Waals surface area contributed by atoms with Crippen molar-refractivity contribution in [1.29, 1.82) is 0 Å². The molecular formula is C12H17NO2. The normalized spacial score (nSPS) is 13.2. The van der Waals surface area contributed by atoms with Crippen LogP contribution in [-0.2, 0) is 0 Å². The van der Waals surface area contributed by atoms with Crippen LogP contribution in [0.5, 0.6) is 0 Å². The van der Waals surface area contributed by atoms with Gasteiger partial charge >= 0.3 is 0 Å². The number of hydroxylamine groups is 2. The number of nitrogens with zero attached hydrogens (tertiary/aromatic N) is 1. The first-order valence-electron chi connectivity index (χ1n) is 5.10. The van der Waals surface area contributed by atoms with Crippen molar-refractivity contribution >= 4 is 5.78 Å². The molecule has 0 bridgehead atoms. The maximum atomic E-state index is 11.9. The Hall–Kier alpha value is -1.19. The van der Waals surface area contributed by atoms with E-state index in [0.717, 1.165) is 5.06 Å². The van der Waals surface area contributed by atoms with Crippen molar-refractivity contribution in [2.24, 2.45) is 0 Å². The number of benzene rings is 1. The SMILES string of the molecule is CC(C)N(O)C(C)C(=O)c1ccccc1. The van der Waals surface area contributed by atoms with Gasteiger partial charge in [0.1, 0.15) is 0 Å². The minimum atomic E-state index is -0.507. The van der Waals surface area contributed by atoms with Crippen molar-refractivity contribution in [2.75, 3.05) is 0 Å². The molecule has 1 atom stereocenters. The van der Waals surface area contributed by atoms with Gasteiger partial charge in [-0.2, -0.15) is 5.06 Å². The molecule has 15 heavy (non-hydrogen) atoms. The van der Waals surface area contributed by atoms with Crippen molar-refractivity contribution < 1.29 is 10.0 Å². The molecule has 82 valence electrons. The van der Waals surface area contributed by atoms with Crippen LogP contribution in [0.4, 0.5) is 0 Å². The molecule has 1 aromatic carbocycles. The van der Waals surface area contributed by atoms with Gasteiger partial charge in [-0.05, 0) is 20.8 Å². The molecular weight excluding hydrogens is 190 g/mol. The van der Waals surface area contributed by atoms with E-state index < -0.39 is 6.04 Å². The standard InChI is InChI=1S/C12H17NO2/c1-9(2)13(15)10(3)12(14)11-7-5-4-6-8-11/h4-10,15H,1-3H3. The maximum absolute atomic E-state index is 11.9. The van der Waals surface area contributed by atoms with Crippen LogP contribution in [0.25, 0.3) is 0 Å². The molecule has 1 rings (SSSR count). The number of carbonyl (C=O) groups excluding carboxylic acids is 1. The molecule has 0 radical (unpaired) electrons. The Morgan fingerprint density at radius 2 is 1.73 bits per heavy atom. The van der Waals surface area contributed by atoms with E-state index in [2.05, 4.69) is 0 Å². The maximum Gasteiger partial charge on any atom is 0.182 e. The highest BCUT2D eigenvalue weighted by molar-refractivity contribution is 5.99. The highest BCUT2D eigenvalue weighted by Gasteiger charge is 2.22. The fraction of sp³-hybridized carbons (Fsp3) is 0.417. The van der Waals surface area contributed by atoms with Crippen LogP contribution in [0.15, 0.2) is 30.3 Å². The Kier molecular flexibility index (Phi) is 4.00. The van der Waals surface area contributed by atoms with E-state index in [0.29, 0.717) is 5.56 Å². The Morgan fingerprint density at radius 3 is 2.20 bits per heavy atom. The second kappa shape index (κ2) is 5.05. The summed E-state index contributed by atoms with van der Waals surface area (Å²) in [5.41, 5.74) is 0.629. The molecule has 0 amide bonds. The van der Waals surface area contributed by atoms with Crippen LogP contribution in [0, 0.1) is 0 Å². The zero-order valence-electron chi connectivity index (χ0n) is 9.34. The minimum absolute atomic E-state index is 0.0623. The molecule has 1 N–H and O–H groups in total. The number of Topliss-reactive ketones (excluding diaryl/α,β-unsaturated/α-hetero) is 1. The molecule has 0 aliphatic rings. The molecule has 0 aliphatic carbocycles. The Morgan fingerprint density at radius 1 is 1.20 bits per heavy atom. The summed E-state index contributed by atoms with van der Waals surface area (Å²) >= 11 is 0. The van der Waals surface area contributed by atoms with E-state index in [1.54, 1.807) is 19.1 Å². The Balaban J connectivity index is 2.78. The van der Waals surface area contributed by atoms with Crippen LogP contribution in [0.2, 0.25) is 0 Å². The van der Waals surface area contributed by atoms with Gasteiger partial charge in [0.2, 0.25) is 0 Å². The predicted molar refractivity (Wildman–Crippen MR) is 59.0 cm³/mol. The molecule has 0 aliphatic heterocycles. The van der Waals surface area contributed by atoms with Gasteiger partial charge < -0.3 is 5.21 Å². The summed E-state index contributed by atoms with van der Waals surface area (Å²) in [6.45, 7) is 5.39. The van der Waals surface area contributed by atoms with E-state index in [1.807, 2.05) is 32.0 Å². The second-order valence-electron chi connectivity index (χ2n) is 3.88. The first-order chi connectivity index (χ1) is 7.04. The molecule has 3 nitrogen and oxygen atoms in total. The van der Waals surface area contributed by atoms with Crippen LogP contribution in [-0.4, -0.2) is 28.1 Å². The highest BCUT2D eigenvalue weighted by Crippen LogP contribution is 2.09. The molecule has 0 saturated heterocycles. The molecule has 0 saturated carbocycles.